The number of carbonyl (C=O) groups is 1. The van der Waals surface area contributed by atoms with Crippen LogP contribution in [0.3, 0.4) is 0 Å². The Morgan fingerprint density at radius 1 is 1.09 bits per heavy atom. The summed E-state index contributed by atoms with van der Waals surface area (Å²) in [6.45, 7) is 3.83. The molecule has 0 aliphatic rings. The van der Waals surface area contributed by atoms with E-state index < -0.39 is 0 Å². The summed E-state index contributed by atoms with van der Waals surface area (Å²) < 4.78 is 0. The van der Waals surface area contributed by atoms with Crippen LogP contribution in [0.2, 0.25) is 0 Å². The number of benzene rings is 1. The Morgan fingerprint density at radius 3 is 2.64 bits per heavy atom. The van der Waals surface area contributed by atoms with Gasteiger partial charge < -0.3 is 0 Å². The maximum absolute atomic E-state index is 12.3. The first-order valence-electron chi connectivity index (χ1n) is 6.85. The number of aryl methyl sites for hydroxylation is 2. The van der Waals surface area contributed by atoms with E-state index >= 15 is 0 Å². The lowest BCUT2D eigenvalue weighted by Crippen LogP contribution is -2.31. The predicted molar refractivity (Wildman–Crippen MR) is 84.3 cm³/mol. The van der Waals surface area contributed by atoms with Crippen LogP contribution < -0.4 is 10.9 Å². The summed E-state index contributed by atoms with van der Waals surface area (Å²) in [5, 5.41) is 0.928. The molecule has 6 heteroatoms. The number of aromatic nitrogens is 3. The standard InChI is InChI=1S/C16H15N5O/c1-10-4-5-12-9-13(11(2)19-14(12)8-10)15(22)20-21-16-17-6-3-7-18-16/h3-9H,1-2H3,(H,20,22)(H,17,18,21). The van der Waals surface area contributed by atoms with Crippen molar-refractivity contribution in [2.45, 2.75) is 13.8 Å². The average Bonchev–Trinajstić information content (AvgIpc) is 2.53. The van der Waals surface area contributed by atoms with Crippen LogP contribution in [0.4, 0.5) is 5.95 Å². The summed E-state index contributed by atoms with van der Waals surface area (Å²) in [6.07, 6.45) is 3.18. The van der Waals surface area contributed by atoms with E-state index in [1.165, 1.54) is 0 Å². The van der Waals surface area contributed by atoms with Crippen LogP contribution >= 0.6 is 0 Å². The molecule has 0 aliphatic heterocycles. The van der Waals surface area contributed by atoms with Gasteiger partial charge >= 0.3 is 0 Å². The van der Waals surface area contributed by atoms with Gasteiger partial charge in [0.2, 0.25) is 5.95 Å². The van der Waals surface area contributed by atoms with Gasteiger partial charge in [-0.1, -0.05) is 12.1 Å². The molecule has 0 radical (unpaired) electrons. The van der Waals surface area contributed by atoms with Gasteiger partial charge in [-0.2, -0.15) is 0 Å². The van der Waals surface area contributed by atoms with Crippen LogP contribution in [-0.4, -0.2) is 20.9 Å². The van der Waals surface area contributed by atoms with Crippen molar-refractivity contribution < 1.29 is 4.79 Å². The minimum atomic E-state index is -0.278. The van der Waals surface area contributed by atoms with Crippen LogP contribution in [-0.2, 0) is 0 Å². The molecule has 110 valence electrons. The Morgan fingerprint density at radius 2 is 1.86 bits per heavy atom. The van der Waals surface area contributed by atoms with Crippen molar-refractivity contribution in [2.75, 3.05) is 5.43 Å². The number of fused-ring (bicyclic) bond motifs is 1. The van der Waals surface area contributed by atoms with Gasteiger partial charge in [0.15, 0.2) is 0 Å². The Bertz CT molecular complexity index is 833. The summed E-state index contributed by atoms with van der Waals surface area (Å²) in [6, 6.07) is 9.49. The minimum Gasteiger partial charge on any atom is -0.267 e. The SMILES string of the molecule is Cc1ccc2cc(C(=O)NNc3ncccn3)c(C)nc2c1. The lowest BCUT2D eigenvalue weighted by atomic mass is 10.1. The number of hydrazine groups is 1. The largest absolute Gasteiger partial charge is 0.271 e. The molecular weight excluding hydrogens is 278 g/mol. The Hall–Kier alpha value is -3.02. The molecule has 3 rings (SSSR count). The number of carbonyl (C=O) groups excluding carboxylic acids is 1. The van der Waals surface area contributed by atoms with E-state index in [0.717, 1.165) is 16.5 Å². The van der Waals surface area contributed by atoms with Gasteiger partial charge in [-0.25, -0.2) is 9.97 Å². The second-order valence-electron chi connectivity index (χ2n) is 4.97. The molecule has 3 aromatic rings. The van der Waals surface area contributed by atoms with Crippen molar-refractivity contribution in [1.82, 2.24) is 20.4 Å². The zero-order valence-electron chi connectivity index (χ0n) is 12.3. The number of hydrogen-bond acceptors (Lipinski definition) is 5. The summed E-state index contributed by atoms with van der Waals surface area (Å²) >= 11 is 0. The molecule has 0 saturated heterocycles. The predicted octanol–water partition coefficient (Wildman–Crippen LogP) is 2.40. The molecule has 0 saturated carbocycles. The van der Waals surface area contributed by atoms with Gasteiger partial charge in [0.1, 0.15) is 0 Å². The third kappa shape index (κ3) is 2.85. The van der Waals surface area contributed by atoms with Crippen LogP contribution in [0.5, 0.6) is 0 Å². The maximum Gasteiger partial charge on any atom is 0.271 e. The summed E-state index contributed by atoms with van der Waals surface area (Å²) in [5.74, 6) is 0.0535. The minimum absolute atomic E-state index is 0.278. The molecule has 2 N–H and O–H groups in total. The zero-order chi connectivity index (χ0) is 15.5. The van der Waals surface area contributed by atoms with Crippen LogP contribution in [0.25, 0.3) is 10.9 Å². The van der Waals surface area contributed by atoms with E-state index in [9.17, 15) is 4.79 Å². The van der Waals surface area contributed by atoms with Gasteiger partial charge in [-0.3, -0.25) is 20.6 Å². The lowest BCUT2D eigenvalue weighted by molar-refractivity contribution is 0.0961. The number of amides is 1. The molecule has 6 nitrogen and oxygen atoms in total. The number of pyridine rings is 1. The first-order chi connectivity index (χ1) is 10.6. The fourth-order valence-corrected chi connectivity index (χ4v) is 2.15. The van der Waals surface area contributed by atoms with Crippen LogP contribution in [0.15, 0.2) is 42.7 Å². The first kappa shape index (κ1) is 13.9. The highest BCUT2D eigenvalue weighted by molar-refractivity contribution is 5.99. The number of nitrogens with one attached hydrogen (secondary N) is 2. The van der Waals surface area contributed by atoms with Crippen molar-refractivity contribution in [3.8, 4) is 0 Å². The molecule has 0 fully saturated rings. The van der Waals surface area contributed by atoms with Crippen molar-refractivity contribution in [3.63, 3.8) is 0 Å². The highest BCUT2D eigenvalue weighted by Gasteiger charge is 2.11. The highest BCUT2D eigenvalue weighted by Crippen LogP contribution is 2.18. The summed E-state index contributed by atoms with van der Waals surface area (Å²) in [5.41, 5.74) is 8.46. The van der Waals surface area contributed by atoms with Gasteiger partial charge in [-0.05, 0) is 37.6 Å². The number of anilines is 1. The molecule has 1 amide bonds. The van der Waals surface area contributed by atoms with E-state index in [-0.39, 0.29) is 5.91 Å². The molecule has 1 aromatic carbocycles. The summed E-state index contributed by atoms with van der Waals surface area (Å²) in [7, 11) is 0. The van der Waals surface area contributed by atoms with E-state index in [1.54, 1.807) is 18.5 Å². The molecule has 2 aromatic heterocycles. The molecule has 0 atom stereocenters. The Kier molecular flexibility index (Phi) is 3.65. The second-order valence-corrected chi connectivity index (χ2v) is 4.97. The molecule has 2 heterocycles. The zero-order valence-corrected chi connectivity index (χ0v) is 12.3. The fraction of sp³-hybridized carbons (Fsp3) is 0.125. The Balaban J connectivity index is 1.84. The molecule has 0 bridgehead atoms. The van der Waals surface area contributed by atoms with E-state index in [1.807, 2.05) is 38.1 Å². The normalized spacial score (nSPS) is 10.5. The third-order valence-corrected chi connectivity index (χ3v) is 3.26. The van der Waals surface area contributed by atoms with Crippen LogP contribution in [0.1, 0.15) is 21.6 Å². The Labute approximate surface area is 127 Å². The number of hydrogen-bond donors (Lipinski definition) is 2. The molecule has 0 spiro atoms. The quantitative estimate of drug-likeness (QED) is 0.725. The highest BCUT2D eigenvalue weighted by atomic mass is 16.2. The fourth-order valence-electron chi connectivity index (χ4n) is 2.15. The monoisotopic (exact) mass is 293 g/mol. The van der Waals surface area contributed by atoms with Gasteiger partial charge in [0, 0.05) is 17.8 Å². The first-order valence-corrected chi connectivity index (χ1v) is 6.85. The lowest BCUT2D eigenvalue weighted by Gasteiger charge is -2.09. The third-order valence-electron chi connectivity index (χ3n) is 3.26. The van der Waals surface area contributed by atoms with Crippen molar-refractivity contribution in [3.05, 3.63) is 59.5 Å². The van der Waals surface area contributed by atoms with Crippen molar-refractivity contribution in [2.24, 2.45) is 0 Å². The molecular formula is C16H15N5O. The smallest absolute Gasteiger partial charge is 0.267 e. The number of rotatable bonds is 3. The molecule has 22 heavy (non-hydrogen) atoms. The van der Waals surface area contributed by atoms with E-state index in [0.29, 0.717) is 17.2 Å². The molecule has 0 unspecified atom stereocenters. The van der Waals surface area contributed by atoms with Crippen molar-refractivity contribution >= 4 is 22.8 Å². The van der Waals surface area contributed by atoms with Crippen LogP contribution in [0, 0.1) is 13.8 Å². The van der Waals surface area contributed by atoms with Gasteiger partial charge in [0.25, 0.3) is 5.91 Å². The van der Waals surface area contributed by atoms with Gasteiger partial charge in [-0.15, -0.1) is 0 Å². The molecule has 0 aliphatic carbocycles. The van der Waals surface area contributed by atoms with Crippen molar-refractivity contribution in [1.29, 1.82) is 0 Å². The van der Waals surface area contributed by atoms with E-state index in [4.69, 9.17) is 0 Å². The summed E-state index contributed by atoms with van der Waals surface area (Å²) in [4.78, 5) is 24.7. The second kappa shape index (κ2) is 5.77. The topological polar surface area (TPSA) is 79.8 Å². The number of nitrogens with zero attached hydrogens (tertiary/aromatic N) is 3. The maximum atomic E-state index is 12.3. The van der Waals surface area contributed by atoms with E-state index in [2.05, 4.69) is 25.8 Å². The van der Waals surface area contributed by atoms with Gasteiger partial charge in [0.05, 0.1) is 16.8 Å². The average molecular weight is 293 g/mol.